The molecule has 1 aliphatic rings. The van der Waals surface area contributed by atoms with Gasteiger partial charge < -0.3 is 15.1 Å². The highest BCUT2D eigenvalue weighted by atomic mass is 16.3. The monoisotopic (exact) mass is 250 g/mol. The summed E-state index contributed by atoms with van der Waals surface area (Å²) in [6.45, 7) is 6.31. The molecular weight excluding hydrogens is 228 g/mol. The van der Waals surface area contributed by atoms with Gasteiger partial charge in [-0.1, -0.05) is 0 Å². The summed E-state index contributed by atoms with van der Waals surface area (Å²) in [6, 6.07) is 2.26. The summed E-state index contributed by atoms with van der Waals surface area (Å²) in [4.78, 5) is 11.8. The maximum absolute atomic E-state index is 11.8. The van der Waals surface area contributed by atoms with Crippen molar-refractivity contribution in [1.29, 1.82) is 0 Å². The molecule has 1 heterocycles. The number of nitrogens with one attached hydrogen (secondary N) is 2. The van der Waals surface area contributed by atoms with Crippen molar-refractivity contribution in [3.8, 4) is 0 Å². The lowest BCUT2D eigenvalue weighted by atomic mass is 9.93. The molecule has 1 aromatic heterocycles. The predicted molar refractivity (Wildman–Crippen MR) is 70.3 cm³/mol. The largest absolute Gasteiger partial charge is 0.469 e. The van der Waals surface area contributed by atoms with Crippen LogP contribution in [0.15, 0.2) is 16.7 Å². The van der Waals surface area contributed by atoms with Crippen molar-refractivity contribution < 1.29 is 9.21 Å². The fourth-order valence-electron chi connectivity index (χ4n) is 2.38. The third kappa shape index (κ3) is 3.35. The van der Waals surface area contributed by atoms with E-state index in [1.807, 2.05) is 26.8 Å². The van der Waals surface area contributed by atoms with Crippen LogP contribution in [0.25, 0.3) is 0 Å². The number of carbonyl (C=O) groups is 1. The quantitative estimate of drug-likeness (QED) is 0.864. The number of hydrogen-bond donors (Lipinski definition) is 2. The van der Waals surface area contributed by atoms with Crippen LogP contribution < -0.4 is 10.6 Å². The molecule has 0 saturated carbocycles. The molecule has 100 valence electrons. The number of furan rings is 1. The zero-order valence-corrected chi connectivity index (χ0v) is 11.4. The van der Waals surface area contributed by atoms with Gasteiger partial charge in [0.2, 0.25) is 5.91 Å². The van der Waals surface area contributed by atoms with E-state index in [1.165, 1.54) is 5.56 Å². The minimum atomic E-state index is -0.174. The molecule has 0 aromatic carbocycles. The van der Waals surface area contributed by atoms with Gasteiger partial charge in [0.05, 0.1) is 12.8 Å². The summed E-state index contributed by atoms with van der Waals surface area (Å²) in [7, 11) is 0. The molecule has 0 saturated heterocycles. The van der Waals surface area contributed by atoms with Gasteiger partial charge in [0.1, 0.15) is 5.76 Å². The topological polar surface area (TPSA) is 54.3 Å². The third-order valence-corrected chi connectivity index (χ3v) is 3.08. The Bertz CT molecular complexity index is 418. The van der Waals surface area contributed by atoms with Crippen LogP contribution in [0.5, 0.6) is 0 Å². The van der Waals surface area contributed by atoms with Crippen LogP contribution in [-0.4, -0.2) is 18.0 Å². The normalized spacial score (nSPS) is 19.4. The summed E-state index contributed by atoms with van der Waals surface area (Å²) in [5.74, 6) is 1.10. The minimum absolute atomic E-state index is 0.0399. The zero-order valence-electron chi connectivity index (χ0n) is 11.4. The standard InChI is InChI=1S/C14H22N2O2/c1-14(2,3)16-13(17)9-15-11-5-4-6-12-10(11)7-8-18-12/h7-8,11,15H,4-6,9H2,1-3H3,(H,16,17)/t11-/m0/s1. The zero-order chi connectivity index (χ0) is 13.2. The highest BCUT2D eigenvalue weighted by molar-refractivity contribution is 5.78. The summed E-state index contributed by atoms with van der Waals surface area (Å²) in [6.07, 6.45) is 4.92. The summed E-state index contributed by atoms with van der Waals surface area (Å²) >= 11 is 0. The predicted octanol–water partition coefficient (Wildman–Crippen LogP) is 2.16. The Hall–Kier alpha value is -1.29. The van der Waals surface area contributed by atoms with Gasteiger partial charge in [0.15, 0.2) is 0 Å². The molecule has 0 fully saturated rings. The maximum atomic E-state index is 11.8. The Morgan fingerprint density at radius 2 is 2.28 bits per heavy atom. The van der Waals surface area contributed by atoms with Gasteiger partial charge >= 0.3 is 0 Å². The smallest absolute Gasteiger partial charge is 0.234 e. The molecular formula is C14H22N2O2. The van der Waals surface area contributed by atoms with Gasteiger partial charge in [-0.2, -0.15) is 0 Å². The highest BCUT2D eigenvalue weighted by Gasteiger charge is 2.23. The fourth-order valence-corrected chi connectivity index (χ4v) is 2.38. The van der Waals surface area contributed by atoms with E-state index in [-0.39, 0.29) is 17.5 Å². The van der Waals surface area contributed by atoms with E-state index in [0.717, 1.165) is 25.0 Å². The van der Waals surface area contributed by atoms with Crippen LogP contribution in [0.2, 0.25) is 0 Å². The molecule has 1 atom stereocenters. The van der Waals surface area contributed by atoms with Gasteiger partial charge in [-0.05, 0) is 39.7 Å². The second kappa shape index (κ2) is 5.14. The molecule has 0 bridgehead atoms. The van der Waals surface area contributed by atoms with Gasteiger partial charge in [0.25, 0.3) is 0 Å². The molecule has 1 aromatic rings. The molecule has 1 aliphatic carbocycles. The Labute approximate surface area is 108 Å². The molecule has 4 nitrogen and oxygen atoms in total. The third-order valence-electron chi connectivity index (χ3n) is 3.08. The van der Waals surface area contributed by atoms with Gasteiger partial charge in [-0.3, -0.25) is 4.79 Å². The second-order valence-corrected chi connectivity index (χ2v) is 5.92. The number of fused-ring (bicyclic) bond motifs is 1. The second-order valence-electron chi connectivity index (χ2n) is 5.92. The van der Waals surface area contributed by atoms with Gasteiger partial charge in [-0.25, -0.2) is 0 Å². The van der Waals surface area contributed by atoms with Gasteiger partial charge in [0, 0.05) is 23.6 Å². The van der Waals surface area contributed by atoms with Crippen molar-refractivity contribution in [2.24, 2.45) is 0 Å². The van der Waals surface area contributed by atoms with Crippen molar-refractivity contribution >= 4 is 5.91 Å². The van der Waals surface area contributed by atoms with Crippen molar-refractivity contribution in [1.82, 2.24) is 10.6 Å². The molecule has 4 heteroatoms. The van der Waals surface area contributed by atoms with E-state index < -0.39 is 0 Å². The van der Waals surface area contributed by atoms with E-state index in [1.54, 1.807) is 6.26 Å². The number of aryl methyl sites for hydroxylation is 1. The van der Waals surface area contributed by atoms with Crippen molar-refractivity contribution in [2.75, 3.05) is 6.54 Å². The minimum Gasteiger partial charge on any atom is -0.469 e. The lowest BCUT2D eigenvalue weighted by Crippen LogP contribution is -2.45. The number of hydrogen-bond acceptors (Lipinski definition) is 3. The molecule has 2 rings (SSSR count). The first-order chi connectivity index (χ1) is 8.46. The first-order valence-corrected chi connectivity index (χ1v) is 6.56. The molecule has 0 unspecified atom stereocenters. The molecule has 2 N–H and O–H groups in total. The number of carbonyl (C=O) groups excluding carboxylic acids is 1. The van der Waals surface area contributed by atoms with Crippen LogP contribution >= 0.6 is 0 Å². The van der Waals surface area contributed by atoms with Crippen molar-refractivity contribution in [2.45, 2.75) is 51.6 Å². The summed E-state index contributed by atoms with van der Waals surface area (Å²) in [5.41, 5.74) is 1.04. The number of amides is 1. The average molecular weight is 250 g/mol. The lowest BCUT2D eigenvalue weighted by Gasteiger charge is -2.24. The molecule has 0 spiro atoms. The van der Waals surface area contributed by atoms with Crippen molar-refractivity contribution in [3.63, 3.8) is 0 Å². The number of rotatable bonds is 3. The van der Waals surface area contributed by atoms with Crippen LogP contribution in [-0.2, 0) is 11.2 Å². The maximum Gasteiger partial charge on any atom is 0.234 e. The summed E-state index contributed by atoms with van der Waals surface area (Å²) < 4.78 is 5.43. The first kappa shape index (κ1) is 13.1. The Kier molecular flexibility index (Phi) is 3.76. The SMILES string of the molecule is CC(C)(C)NC(=O)CN[C@H]1CCCc2occc21. The van der Waals surface area contributed by atoms with E-state index in [0.29, 0.717) is 6.54 Å². The van der Waals surface area contributed by atoms with E-state index in [9.17, 15) is 4.79 Å². The van der Waals surface area contributed by atoms with Crippen LogP contribution in [0.1, 0.15) is 51.0 Å². The molecule has 18 heavy (non-hydrogen) atoms. The van der Waals surface area contributed by atoms with E-state index in [4.69, 9.17) is 4.42 Å². The average Bonchev–Trinajstić information content (AvgIpc) is 2.72. The first-order valence-electron chi connectivity index (χ1n) is 6.56. The van der Waals surface area contributed by atoms with Crippen LogP contribution in [0.3, 0.4) is 0 Å². The Balaban J connectivity index is 1.87. The van der Waals surface area contributed by atoms with Gasteiger partial charge in [-0.15, -0.1) is 0 Å². The molecule has 1 amide bonds. The highest BCUT2D eigenvalue weighted by Crippen LogP contribution is 2.30. The van der Waals surface area contributed by atoms with E-state index >= 15 is 0 Å². The Morgan fingerprint density at radius 3 is 3.00 bits per heavy atom. The lowest BCUT2D eigenvalue weighted by molar-refractivity contribution is -0.121. The fraction of sp³-hybridized carbons (Fsp3) is 0.643. The van der Waals surface area contributed by atoms with Crippen LogP contribution in [0, 0.1) is 0 Å². The molecule has 0 aliphatic heterocycles. The summed E-state index contributed by atoms with van der Waals surface area (Å²) in [5, 5.41) is 6.27. The van der Waals surface area contributed by atoms with Crippen molar-refractivity contribution in [3.05, 3.63) is 23.7 Å². The Morgan fingerprint density at radius 1 is 1.50 bits per heavy atom. The van der Waals surface area contributed by atoms with E-state index in [2.05, 4.69) is 10.6 Å². The molecule has 0 radical (unpaired) electrons. The van der Waals surface area contributed by atoms with Crippen LogP contribution in [0.4, 0.5) is 0 Å².